The van der Waals surface area contributed by atoms with Crippen LogP contribution in [0.15, 0.2) is 18.2 Å². The van der Waals surface area contributed by atoms with Crippen molar-refractivity contribution in [2.75, 3.05) is 13.4 Å². The van der Waals surface area contributed by atoms with Crippen molar-refractivity contribution in [3.63, 3.8) is 0 Å². The molecule has 0 saturated carbocycles. The molecule has 116 valence electrons. The topological polar surface area (TPSA) is 35.2 Å². The molecule has 2 rings (SSSR count). The molecule has 1 aliphatic carbocycles. The number of rotatable bonds is 1. The van der Waals surface area contributed by atoms with Crippen LogP contribution in [0.4, 0.5) is 0 Å². The molecule has 0 fully saturated rings. The molecule has 1 unspecified atom stereocenters. The lowest BCUT2D eigenvalue weighted by Gasteiger charge is -2.38. The average Bonchev–Trinajstić information content (AvgIpc) is 2.46. The molecular weight excluding hydrogens is 266 g/mol. The number of benzene rings is 1. The van der Waals surface area contributed by atoms with E-state index in [-0.39, 0.29) is 11.5 Å². The Bertz CT molecular complexity index is 391. The number of aryl methyl sites for hydroxylation is 1. The molecular formula is C17H31NOS. The summed E-state index contributed by atoms with van der Waals surface area (Å²) in [5, 5.41) is 0. The molecule has 0 aliphatic heterocycles. The van der Waals surface area contributed by atoms with Gasteiger partial charge in [0.2, 0.25) is 0 Å². The van der Waals surface area contributed by atoms with Crippen molar-refractivity contribution in [2.24, 2.45) is 5.73 Å². The van der Waals surface area contributed by atoms with Gasteiger partial charge in [-0.3, -0.25) is 0 Å². The van der Waals surface area contributed by atoms with Crippen molar-refractivity contribution in [1.29, 1.82) is 0 Å². The molecule has 1 atom stereocenters. The predicted molar refractivity (Wildman–Crippen MR) is 93.2 cm³/mol. The molecule has 0 radical (unpaired) electrons. The van der Waals surface area contributed by atoms with Gasteiger partial charge in [0.15, 0.2) is 0 Å². The van der Waals surface area contributed by atoms with E-state index in [2.05, 4.69) is 52.5 Å². The summed E-state index contributed by atoms with van der Waals surface area (Å²) in [7, 11) is 1.71. The second kappa shape index (κ2) is 9.30. The molecule has 2 nitrogen and oxygen atoms in total. The maximum atomic E-state index is 6.18. The summed E-state index contributed by atoms with van der Waals surface area (Å²) in [5.74, 6) is 0.927. The Morgan fingerprint density at radius 2 is 1.85 bits per heavy atom. The fourth-order valence-electron chi connectivity index (χ4n) is 2.37. The zero-order valence-electron chi connectivity index (χ0n) is 13.9. The van der Waals surface area contributed by atoms with E-state index in [9.17, 15) is 0 Å². The first-order valence-electron chi connectivity index (χ1n) is 7.35. The molecule has 1 aromatic rings. The first-order valence-corrected chi connectivity index (χ1v) is 8.24. The second-order valence-corrected chi connectivity index (χ2v) is 5.60. The molecule has 0 aromatic heterocycles. The average molecular weight is 298 g/mol. The molecule has 1 aromatic carbocycles. The van der Waals surface area contributed by atoms with Crippen LogP contribution in [-0.2, 0) is 11.8 Å². The Morgan fingerprint density at radius 1 is 1.30 bits per heavy atom. The van der Waals surface area contributed by atoms with Gasteiger partial charge >= 0.3 is 0 Å². The Morgan fingerprint density at radius 3 is 2.35 bits per heavy atom. The van der Waals surface area contributed by atoms with Gasteiger partial charge in [-0.2, -0.15) is 12.6 Å². The minimum absolute atomic E-state index is 0.0577. The summed E-state index contributed by atoms with van der Waals surface area (Å²) >= 11 is 3.53. The van der Waals surface area contributed by atoms with E-state index in [0.717, 1.165) is 18.6 Å². The number of nitrogens with two attached hydrogens (primary N) is 1. The van der Waals surface area contributed by atoms with Gasteiger partial charge in [-0.25, -0.2) is 0 Å². The van der Waals surface area contributed by atoms with E-state index in [1.54, 1.807) is 13.4 Å². The summed E-state index contributed by atoms with van der Waals surface area (Å²) in [6.07, 6.45) is 5.11. The Kier molecular flexibility index (Phi) is 8.99. The molecule has 2 N–H and O–H groups in total. The highest BCUT2D eigenvalue weighted by molar-refractivity contribution is 7.79. The zero-order chi connectivity index (χ0) is 15.8. The van der Waals surface area contributed by atoms with Crippen LogP contribution >= 0.6 is 12.6 Å². The van der Waals surface area contributed by atoms with Crippen LogP contribution in [0.25, 0.3) is 0 Å². The molecule has 0 saturated heterocycles. The predicted octanol–water partition coefficient (Wildman–Crippen LogP) is 4.21. The maximum absolute atomic E-state index is 6.18. The Hall–Kier alpha value is -0.670. The highest BCUT2D eigenvalue weighted by atomic mass is 32.1. The SMILES string of the molecule is CCC.COc1ccc2c(c1)C(C)(C)C(N)CC2.CS. The van der Waals surface area contributed by atoms with Gasteiger partial charge in [-0.1, -0.05) is 40.2 Å². The maximum Gasteiger partial charge on any atom is 0.119 e. The third kappa shape index (κ3) is 4.71. The first kappa shape index (κ1) is 19.3. The van der Waals surface area contributed by atoms with Crippen LogP contribution in [0.5, 0.6) is 5.75 Å². The molecule has 20 heavy (non-hydrogen) atoms. The van der Waals surface area contributed by atoms with Gasteiger partial charge in [0.05, 0.1) is 7.11 Å². The van der Waals surface area contributed by atoms with Crippen molar-refractivity contribution in [3.05, 3.63) is 29.3 Å². The Labute approximate surface area is 130 Å². The monoisotopic (exact) mass is 297 g/mol. The van der Waals surface area contributed by atoms with E-state index >= 15 is 0 Å². The van der Waals surface area contributed by atoms with Crippen LogP contribution in [-0.4, -0.2) is 19.4 Å². The van der Waals surface area contributed by atoms with Crippen LogP contribution < -0.4 is 10.5 Å². The van der Waals surface area contributed by atoms with Crippen molar-refractivity contribution in [1.82, 2.24) is 0 Å². The smallest absolute Gasteiger partial charge is 0.119 e. The number of methoxy groups -OCH3 is 1. The second-order valence-electron chi connectivity index (χ2n) is 5.60. The highest BCUT2D eigenvalue weighted by Gasteiger charge is 2.34. The number of thiol groups is 1. The van der Waals surface area contributed by atoms with E-state index in [0.29, 0.717) is 0 Å². The first-order chi connectivity index (χ1) is 9.47. The third-order valence-electron chi connectivity index (χ3n) is 3.66. The van der Waals surface area contributed by atoms with Gasteiger partial charge < -0.3 is 10.5 Å². The Balaban J connectivity index is 0.000000641. The summed E-state index contributed by atoms with van der Waals surface area (Å²) in [5.41, 5.74) is 9.00. The van der Waals surface area contributed by atoms with Gasteiger partial charge in [-0.15, -0.1) is 0 Å². The van der Waals surface area contributed by atoms with Gasteiger partial charge in [0.25, 0.3) is 0 Å². The summed E-state index contributed by atoms with van der Waals surface area (Å²) in [4.78, 5) is 0. The van der Waals surface area contributed by atoms with Crippen molar-refractivity contribution < 1.29 is 4.74 Å². The molecule has 0 spiro atoms. The fourth-order valence-corrected chi connectivity index (χ4v) is 2.37. The number of hydrogen-bond acceptors (Lipinski definition) is 3. The summed E-state index contributed by atoms with van der Waals surface area (Å²) < 4.78 is 5.27. The number of ether oxygens (including phenoxy) is 1. The van der Waals surface area contributed by atoms with Gasteiger partial charge in [0, 0.05) is 11.5 Å². The lowest BCUT2D eigenvalue weighted by Crippen LogP contribution is -2.44. The van der Waals surface area contributed by atoms with E-state index in [1.807, 2.05) is 6.07 Å². The summed E-state index contributed by atoms with van der Waals surface area (Å²) in [6, 6.07) is 6.58. The van der Waals surface area contributed by atoms with Crippen LogP contribution in [0.1, 0.15) is 51.7 Å². The van der Waals surface area contributed by atoms with E-state index in [4.69, 9.17) is 10.5 Å². The van der Waals surface area contributed by atoms with E-state index < -0.39 is 0 Å². The highest BCUT2D eigenvalue weighted by Crippen LogP contribution is 2.37. The fraction of sp³-hybridized carbons (Fsp3) is 0.647. The van der Waals surface area contributed by atoms with Gasteiger partial charge in [0.1, 0.15) is 5.75 Å². The van der Waals surface area contributed by atoms with Gasteiger partial charge in [-0.05, 0) is 42.4 Å². The minimum atomic E-state index is 0.0577. The molecule has 3 heteroatoms. The number of hydrogen-bond donors (Lipinski definition) is 2. The van der Waals surface area contributed by atoms with Crippen molar-refractivity contribution in [2.45, 2.75) is 58.4 Å². The molecule has 1 aliphatic rings. The lowest BCUT2D eigenvalue weighted by atomic mass is 9.69. The minimum Gasteiger partial charge on any atom is -0.497 e. The molecule has 0 amide bonds. The standard InChI is InChI=1S/C13H19NO.C3H8.CH4S/c1-13(2)11-8-10(15-3)6-4-9(11)5-7-12(13)14;1-3-2;1-2/h4,6,8,12H,5,7,14H2,1-3H3;3H2,1-2H3;2H,1H3. The lowest BCUT2D eigenvalue weighted by molar-refractivity contribution is 0.359. The van der Waals surface area contributed by atoms with E-state index in [1.165, 1.54) is 17.5 Å². The van der Waals surface area contributed by atoms with Crippen LogP contribution in [0.3, 0.4) is 0 Å². The largest absolute Gasteiger partial charge is 0.497 e. The quantitative estimate of drug-likeness (QED) is 0.762. The molecule has 0 bridgehead atoms. The van der Waals surface area contributed by atoms with Crippen LogP contribution in [0.2, 0.25) is 0 Å². The zero-order valence-corrected chi connectivity index (χ0v) is 14.8. The molecule has 0 heterocycles. The normalized spacial score (nSPS) is 18.7. The van der Waals surface area contributed by atoms with Crippen LogP contribution in [0, 0.1) is 0 Å². The third-order valence-corrected chi connectivity index (χ3v) is 3.66. The number of fused-ring (bicyclic) bond motifs is 1. The van der Waals surface area contributed by atoms with Crippen molar-refractivity contribution >= 4 is 12.6 Å². The summed E-state index contributed by atoms with van der Waals surface area (Å²) in [6.45, 7) is 8.68. The van der Waals surface area contributed by atoms with Crippen molar-refractivity contribution in [3.8, 4) is 5.75 Å².